The minimum absolute atomic E-state index is 0.0332. The van der Waals surface area contributed by atoms with Crippen LogP contribution in [0.1, 0.15) is 37.3 Å². The van der Waals surface area contributed by atoms with Gasteiger partial charge in [-0.3, -0.25) is 4.90 Å². The number of hydrogen-bond acceptors (Lipinski definition) is 3. The van der Waals surface area contributed by atoms with Gasteiger partial charge in [0.15, 0.2) is 0 Å². The lowest BCUT2D eigenvalue weighted by molar-refractivity contribution is -0.0319. The lowest BCUT2D eigenvalue weighted by Gasteiger charge is -2.47. The van der Waals surface area contributed by atoms with Crippen molar-refractivity contribution in [3.05, 3.63) is 35.4 Å². The summed E-state index contributed by atoms with van der Waals surface area (Å²) in [5, 5.41) is 0. The summed E-state index contributed by atoms with van der Waals surface area (Å²) >= 11 is 0. The van der Waals surface area contributed by atoms with Gasteiger partial charge < -0.3 is 10.5 Å². The Balaban J connectivity index is 1.96. The normalized spacial score (nSPS) is 24.1. The number of nitrogens with zero attached hydrogens (tertiary/aromatic N) is 1. The van der Waals surface area contributed by atoms with E-state index in [1.54, 1.807) is 0 Å². The fraction of sp³-hybridized carbons (Fsp3) is 0.625. The summed E-state index contributed by atoms with van der Waals surface area (Å²) in [4.78, 5) is 2.29. The highest BCUT2D eigenvalue weighted by Gasteiger charge is 2.46. The monoisotopic (exact) mass is 296 g/mol. The molecule has 1 heterocycles. The van der Waals surface area contributed by atoms with Crippen molar-refractivity contribution in [2.24, 2.45) is 5.73 Å². The van der Waals surface area contributed by atoms with E-state index in [4.69, 9.17) is 10.5 Å². The summed E-state index contributed by atoms with van der Waals surface area (Å²) in [5.41, 5.74) is 6.10. The number of rotatable bonds is 3. The molecule has 0 amide bonds. The van der Waals surface area contributed by atoms with Gasteiger partial charge in [0.1, 0.15) is 11.6 Å². The van der Waals surface area contributed by atoms with E-state index in [2.05, 4.69) is 4.90 Å². The Morgan fingerprint density at radius 3 is 2.24 bits per heavy atom. The van der Waals surface area contributed by atoms with Crippen molar-refractivity contribution in [1.29, 1.82) is 0 Å². The number of ether oxygens (including phenoxy) is 1. The zero-order valence-electron chi connectivity index (χ0n) is 12.2. The maximum absolute atomic E-state index is 14.1. The molecule has 1 unspecified atom stereocenters. The Kier molecular flexibility index (Phi) is 4.24. The summed E-state index contributed by atoms with van der Waals surface area (Å²) in [6.45, 7) is 2.88. The SMILES string of the molecule is NC(c1c(F)cccc1F)C1(N2CCOCC2)CCCC1. The molecule has 21 heavy (non-hydrogen) atoms. The van der Waals surface area contributed by atoms with Gasteiger partial charge in [0.2, 0.25) is 0 Å². The number of hydrogen-bond donors (Lipinski definition) is 1. The van der Waals surface area contributed by atoms with E-state index in [9.17, 15) is 8.78 Å². The van der Waals surface area contributed by atoms with Gasteiger partial charge >= 0.3 is 0 Å². The second-order valence-corrected chi connectivity index (χ2v) is 6.02. The topological polar surface area (TPSA) is 38.5 Å². The summed E-state index contributed by atoms with van der Waals surface area (Å²) in [6, 6.07) is 3.33. The molecule has 2 fully saturated rings. The highest BCUT2D eigenvalue weighted by atomic mass is 19.1. The van der Waals surface area contributed by atoms with Crippen LogP contribution in [0.4, 0.5) is 8.78 Å². The molecule has 0 bridgehead atoms. The molecule has 0 radical (unpaired) electrons. The van der Waals surface area contributed by atoms with E-state index in [0.29, 0.717) is 13.2 Å². The lowest BCUT2D eigenvalue weighted by Crippen LogP contribution is -2.57. The number of morpholine rings is 1. The largest absolute Gasteiger partial charge is 0.379 e. The molecule has 5 heteroatoms. The van der Waals surface area contributed by atoms with Crippen molar-refractivity contribution in [2.45, 2.75) is 37.3 Å². The number of benzene rings is 1. The fourth-order valence-corrected chi connectivity index (χ4v) is 3.90. The van der Waals surface area contributed by atoms with Crippen molar-refractivity contribution in [1.82, 2.24) is 4.90 Å². The molecule has 1 saturated heterocycles. The van der Waals surface area contributed by atoms with E-state index in [1.807, 2.05) is 0 Å². The van der Waals surface area contributed by atoms with Crippen LogP contribution in [0.25, 0.3) is 0 Å². The molecule has 116 valence electrons. The summed E-state index contributed by atoms with van der Waals surface area (Å²) in [5.74, 6) is -1.08. The van der Waals surface area contributed by atoms with Gasteiger partial charge in [0, 0.05) is 24.2 Å². The first-order valence-electron chi connectivity index (χ1n) is 7.67. The van der Waals surface area contributed by atoms with Crippen LogP contribution in [0.15, 0.2) is 18.2 Å². The molecular weight excluding hydrogens is 274 g/mol. The average molecular weight is 296 g/mol. The minimum Gasteiger partial charge on any atom is -0.379 e. The Hall–Kier alpha value is -1.04. The Morgan fingerprint density at radius 1 is 1.10 bits per heavy atom. The fourth-order valence-electron chi connectivity index (χ4n) is 3.90. The van der Waals surface area contributed by atoms with Gasteiger partial charge in [-0.1, -0.05) is 18.9 Å². The maximum Gasteiger partial charge on any atom is 0.130 e. The minimum atomic E-state index is -0.640. The maximum atomic E-state index is 14.1. The highest BCUT2D eigenvalue weighted by molar-refractivity contribution is 5.27. The summed E-state index contributed by atoms with van der Waals surface area (Å²) < 4.78 is 33.7. The third-order valence-corrected chi connectivity index (χ3v) is 5.00. The van der Waals surface area contributed by atoms with Crippen molar-refractivity contribution in [3.63, 3.8) is 0 Å². The van der Waals surface area contributed by atoms with Crippen LogP contribution in [-0.4, -0.2) is 36.7 Å². The van der Waals surface area contributed by atoms with Gasteiger partial charge in [-0.05, 0) is 25.0 Å². The second-order valence-electron chi connectivity index (χ2n) is 6.02. The summed E-state index contributed by atoms with van der Waals surface area (Å²) in [7, 11) is 0. The predicted molar refractivity (Wildman–Crippen MR) is 76.9 cm³/mol. The molecular formula is C16H22F2N2O. The Labute approximate surface area is 124 Å². The van der Waals surface area contributed by atoms with Gasteiger partial charge in [0.05, 0.1) is 19.3 Å². The van der Waals surface area contributed by atoms with Crippen molar-refractivity contribution in [3.8, 4) is 0 Å². The Morgan fingerprint density at radius 2 is 1.67 bits per heavy atom. The second kappa shape index (κ2) is 5.99. The van der Waals surface area contributed by atoms with E-state index in [1.165, 1.54) is 18.2 Å². The first-order chi connectivity index (χ1) is 10.1. The van der Waals surface area contributed by atoms with Crippen molar-refractivity contribution >= 4 is 0 Å². The van der Waals surface area contributed by atoms with Gasteiger partial charge in [-0.25, -0.2) is 8.78 Å². The predicted octanol–water partition coefficient (Wildman–Crippen LogP) is 2.61. The average Bonchev–Trinajstić information content (AvgIpc) is 2.98. The summed E-state index contributed by atoms with van der Waals surface area (Å²) in [6.07, 6.45) is 3.89. The molecule has 1 aromatic carbocycles. The van der Waals surface area contributed by atoms with Crippen LogP contribution in [-0.2, 0) is 4.74 Å². The number of halogens is 2. The van der Waals surface area contributed by atoms with Crippen LogP contribution in [0.3, 0.4) is 0 Å². The quantitative estimate of drug-likeness (QED) is 0.932. The van der Waals surface area contributed by atoms with E-state index < -0.39 is 17.7 Å². The van der Waals surface area contributed by atoms with Crippen LogP contribution in [0.2, 0.25) is 0 Å². The van der Waals surface area contributed by atoms with Gasteiger partial charge in [-0.2, -0.15) is 0 Å². The molecule has 2 N–H and O–H groups in total. The zero-order chi connectivity index (χ0) is 14.9. The van der Waals surface area contributed by atoms with Crippen LogP contribution < -0.4 is 5.73 Å². The molecule has 3 nitrogen and oxygen atoms in total. The Bertz CT molecular complexity index is 477. The molecule has 0 aromatic heterocycles. The molecule has 1 aliphatic carbocycles. The first-order valence-corrected chi connectivity index (χ1v) is 7.67. The highest BCUT2D eigenvalue weighted by Crippen LogP contribution is 2.44. The standard InChI is InChI=1S/C16H22F2N2O/c17-12-4-3-5-13(18)14(12)15(19)16(6-1-2-7-16)20-8-10-21-11-9-20/h3-5,15H,1-2,6-11,19H2. The van der Waals surface area contributed by atoms with Crippen molar-refractivity contribution < 1.29 is 13.5 Å². The van der Waals surface area contributed by atoms with Crippen molar-refractivity contribution in [2.75, 3.05) is 26.3 Å². The van der Waals surface area contributed by atoms with E-state index in [-0.39, 0.29) is 11.1 Å². The third kappa shape index (κ3) is 2.58. The smallest absolute Gasteiger partial charge is 0.130 e. The van der Waals surface area contributed by atoms with Crippen LogP contribution in [0, 0.1) is 11.6 Å². The van der Waals surface area contributed by atoms with Crippen LogP contribution in [0.5, 0.6) is 0 Å². The van der Waals surface area contributed by atoms with Gasteiger partial charge in [-0.15, -0.1) is 0 Å². The number of nitrogens with two attached hydrogens (primary N) is 1. The molecule has 2 aliphatic rings. The molecule has 1 atom stereocenters. The third-order valence-electron chi connectivity index (χ3n) is 5.00. The molecule has 1 aromatic rings. The zero-order valence-corrected chi connectivity index (χ0v) is 12.2. The first kappa shape index (κ1) is 14.9. The molecule has 1 saturated carbocycles. The molecule has 0 spiro atoms. The molecule has 3 rings (SSSR count). The van der Waals surface area contributed by atoms with Crippen LogP contribution >= 0.6 is 0 Å². The van der Waals surface area contributed by atoms with E-state index in [0.717, 1.165) is 38.8 Å². The lowest BCUT2D eigenvalue weighted by atomic mass is 9.81. The van der Waals surface area contributed by atoms with E-state index >= 15 is 0 Å². The van der Waals surface area contributed by atoms with Gasteiger partial charge in [0.25, 0.3) is 0 Å². The molecule has 1 aliphatic heterocycles.